The Morgan fingerprint density at radius 3 is 2.39 bits per heavy atom. The summed E-state index contributed by atoms with van der Waals surface area (Å²) in [6.45, 7) is 2.52. The van der Waals surface area contributed by atoms with Crippen LogP contribution in [0.5, 0.6) is 5.75 Å². The Balaban J connectivity index is 1.61. The number of hydrazone groups is 1. The number of aryl methyl sites for hydroxylation is 2. The molecule has 3 aromatic rings. The van der Waals surface area contributed by atoms with Crippen molar-refractivity contribution in [3.8, 4) is 5.75 Å². The summed E-state index contributed by atoms with van der Waals surface area (Å²) in [7, 11) is 5.11. The highest BCUT2D eigenvalue weighted by Gasteiger charge is 2.35. The average Bonchev–Trinajstić information content (AvgIpc) is 3.53. The Morgan fingerprint density at radius 2 is 1.78 bits per heavy atom. The molecule has 4 rings (SSSR count). The molecular formula is C28H32N4O4. The summed E-state index contributed by atoms with van der Waals surface area (Å²) in [5.41, 5.74) is 4.43. The molecular weight excluding hydrogens is 456 g/mol. The highest BCUT2D eigenvalue weighted by Crippen LogP contribution is 2.33. The van der Waals surface area contributed by atoms with E-state index in [1.165, 1.54) is 9.91 Å². The molecule has 2 heterocycles. The lowest BCUT2D eigenvalue weighted by molar-refractivity contribution is -0.133. The summed E-state index contributed by atoms with van der Waals surface area (Å²) in [5, 5.41) is 6.29. The molecule has 0 N–H and O–H groups in total. The van der Waals surface area contributed by atoms with Crippen LogP contribution in [0.3, 0.4) is 0 Å². The lowest BCUT2D eigenvalue weighted by Gasteiger charge is -2.27. The quantitative estimate of drug-likeness (QED) is 0.459. The van der Waals surface area contributed by atoms with Gasteiger partial charge in [0.05, 0.1) is 31.2 Å². The van der Waals surface area contributed by atoms with Gasteiger partial charge in [-0.2, -0.15) is 5.10 Å². The molecule has 0 radical (unpaired) electrons. The monoisotopic (exact) mass is 488 g/mol. The van der Waals surface area contributed by atoms with Gasteiger partial charge in [-0.25, -0.2) is 5.01 Å². The van der Waals surface area contributed by atoms with Gasteiger partial charge >= 0.3 is 0 Å². The summed E-state index contributed by atoms with van der Waals surface area (Å²) in [5.74, 6) is 0.162. The third kappa shape index (κ3) is 5.49. The van der Waals surface area contributed by atoms with Gasteiger partial charge in [-0.05, 0) is 48.9 Å². The Hall–Kier alpha value is -3.91. The van der Waals surface area contributed by atoms with E-state index >= 15 is 0 Å². The van der Waals surface area contributed by atoms with E-state index in [1.54, 1.807) is 38.5 Å². The summed E-state index contributed by atoms with van der Waals surface area (Å²) in [4.78, 5) is 28.5. The second-order valence-electron chi connectivity index (χ2n) is 8.87. The van der Waals surface area contributed by atoms with E-state index in [4.69, 9.17) is 14.6 Å². The highest BCUT2D eigenvalue weighted by molar-refractivity contribution is 6.02. The minimum atomic E-state index is -0.249. The zero-order valence-corrected chi connectivity index (χ0v) is 21.2. The average molecular weight is 489 g/mol. The first-order chi connectivity index (χ1) is 17.4. The number of hydrogen-bond donors (Lipinski definition) is 0. The third-order valence-corrected chi connectivity index (χ3v) is 6.38. The van der Waals surface area contributed by atoms with Crippen molar-refractivity contribution in [2.45, 2.75) is 19.4 Å². The van der Waals surface area contributed by atoms with Gasteiger partial charge in [-0.15, -0.1) is 0 Å². The minimum Gasteiger partial charge on any atom is -0.497 e. The lowest BCUT2D eigenvalue weighted by Crippen LogP contribution is -2.42. The number of carbonyl (C=O) groups is 2. The van der Waals surface area contributed by atoms with E-state index in [0.29, 0.717) is 24.3 Å². The topological polar surface area (TPSA) is 76.4 Å². The van der Waals surface area contributed by atoms with Gasteiger partial charge in [0.25, 0.3) is 11.8 Å². The standard InChI is InChI=1S/C28H32N4O4/c1-20-7-9-21(10-8-20)26-18-24(25-6-5-15-30(25)2)29-32(26)27(33)19-31(16-17-35-3)28(34)22-11-13-23(36-4)14-12-22/h5-15,26H,16-19H2,1-4H3/t26-/m0/s1. The van der Waals surface area contributed by atoms with E-state index in [2.05, 4.69) is 0 Å². The van der Waals surface area contributed by atoms with Crippen molar-refractivity contribution in [2.24, 2.45) is 12.1 Å². The largest absolute Gasteiger partial charge is 0.497 e. The fraction of sp³-hybridized carbons (Fsp3) is 0.321. The van der Waals surface area contributed by atoms with Gasteiger partial charge in [0, 0.05) is 38.9 Å². The van der Waals surface area contributed by atoms with Crippen LogP contribution in [0.1, 0.15) is 39.6 Å². The van der Waals surface area contributed by atoms with Crippen molar-refractivity contribution < 1.29 is 19.1 Å². The summed E-state index contributed by atoms with van der Waals surface area (Å²) in [6, 6.07) is 18.7. The van der Waals surface area contributed by atoms with Gasteiger partial charge in [0.2, 0.25) is 0 Å². The molecule has 0 aliphatic carbocycles. The number of methoxy groups -OCH3 is 2. The van der Waals surface area contributed by atoms with Crippen molar-refractivity contribution in [1.29, 1.82) is 0 Å². The maximum absolute atomic E-state index is 13.7. The third-order valence-electron chi connectivity index (χ3n) is 6.38. The summed E-state index contributed by atoms with van der Waals surface area (Å²) in [6.07, 6.45) is 2.56. The first kappa shape index (κ1) is 25.2. The molecule has 0 spiro atoms. The van der Waals surface area contributed by atoms with Crippen molar-refractivity contribution in [2.75, 3.05) is 33.9 Å². The number of hydrogen-bond acceptors (Lipinski definition) is 5. The molecule has 188 valence electrons. The molecule has 8 nitrogen and oxygen atoms in total. The van der Waals surface area contributed by atoms with Crippen molar-refractivity contribution in [3.63, 3.8) is 0 Å². The Labute approximate surface area is 211 Å². The number of rotatable bonds is 9. The molecule has 0 unspecified atom stereocenters. The number of aromatic nitrogens is 1. The fourth-order valence-corrected chi connectivity index (χ4v) is 4.31. The van der Waals surface area contributed by atoms with E-state index in [0.717, 1.165) is 22.5 Å². The maximum Gasteiger partial charge on any atom is 0.262 e. The predicted octanol–water partition coefficient (Wildman–Crippen LogP) is 3.81. The number of benzene rings is 2. The van der Waals surface area contributed by atoms with Crippen LogP contribution in [-0.4, -0.2) is 65.9 Å². The zero-order chi connectivity index (χ0) is 25.7. The van der Waals surface area contributed by atoms with Gasteiger partial charge in [-0.1, -0.05) is 29.8 Å². The molecule has 0 saturated carbocycles. The Kier molecular flexibility index (Phi) is 7.85. The SMILES string of the molecule is COCCN(CC(=O)N1N=C(c2cccn2C)C[C@H]1c1ccc(C)cc1)C(=O)c1ccc(OC)cc1. The fourth-order valence-electron chi connectivity index (χ4n) is 4.31. The van der Waals surface area contributed by atoms with Crippen LogP contribution in [0.4, 0.5) is 0 Å². The van der Waals surface area contributed by atoms with Crippen molar-refractivity contribution in [3.05, 3.63) is 89.2 Å². The second-order valence-corrected chi connectivity index (χ2v) is 8.87. The van der Waals surface area contributed by atoms with Gasteiger partial charge in [0.1, 0.15) is 12.3 Å². The van der Waals surface area contributed by atoms with Gasteiger partial charge in [0.15, 0.2) is 0 Å². The predicted molar refractivity (Wildman–Crippen MR) is 138 cm³/mol. The van der Waals surface area contributed by atoms with E-state index in [-0.39, 0.29) is 30.9 Å². The van der Waals surface area contributed by atoms with Gasteiger partial charge < -0.3 is 18.9 Å². The molecule has 0 fully saturated rings. The van der Waals surface area contributed by atoms with Crippen LogP contribution in [0, 0.1) is 6.92 Å². The van der Waals surface area contributed by atoms with Crippen molar-refractivity contribution >= 4 is 17.5 Å². The molecule has 2 aromatic carbocycles. The normalized spacial score (nSPS) is 15.1. The van der Waals surface area contributed by atoms with Crippen LogP contribution in [0.15, 0.2) is 72.0 Å². The van der Waals surface area contributed by atoms with Crippen LogP contribution >= 0.6 is 0 Å². The summed E-state index contributed by atoms with van der Waals surface area (Å²) < 4.78 is 12.4. The number of ether oxygens (including phenoxy) is 2. The molecule has 1 atom stereocenters. The molecule has 1 aliphatic heterocycles. The second kappa shape index (κ2) is 11.2. The maximum atomic E-state index is 13.7. The number of nitrogens with zero attached hydrogens (tertiary/aromatic N) is 4. The molecule has 0 bridgehead atoms. The zero-order valence-electron chi connectivity index (χ0n) is 21.2. The van der Waals surface area contributed by atoms with E-state index in [9.17, 15) is 9.59 Å². The van der Waals surface area contributed by atoms with E-state index in [1.807, 2.05) is 61.1 Å². The van der Waals surface area contributed by atoms with E-state index < -0.39 is 0 Å². The Bertz CT molecular complexity index is 1230. The van der Waals surface area contributed by atoms with Crippen molar-refractivity contribution in [1.82, 2.24) is 14.5 Å². The van der Waals surface area contributed by atoms with Crippen LogP contribution in [-0.2, 0) is 16.6 Å². The minimum absolute atomic E-state index is 0.111. The van der Waals surface area contributed by atoms with Crippen LogP contribution < -0.4 is 4.74 Å². The highest BCUT2D eigenvalue weighted by atomic mass is 16.5. The first-order valence-electron chi connectivity index (χ1n) is 11.9. The van der Waals surface area contributed by atoms with Crippen LogP contribution in [0.2, 0.25) is 0 Å². The molecule has 1 aliphatic rings. The molecule has 36 heavy (non-hydrogen) atoms. The number of carbonyl (C=O) groups excluding carboxylic acids is 2. The lowest BCUT2D eigenvalue weighted by atomic mass is 9.99. The van der Waals surface area contributed by atoms with Crippen LogP contribution in [0.25, 0.3) is 0 Å². The molecule has 0 saturated heterocycles. The first-order valence-corrected chi connectivity index (χ1v) is 11.9. The molecule has 2 amide bonds. The Morgan fingerprint density at radius 1 is 1.06 bits per heavy atom. The summed E-state index contributed by atoms with van der Waals surface area (Å²) >= 11 is 0. The number of amides is 2. The molecule has 8 heteroatoms. The van der Waals surface area contributed by atoms with Gasteiger partial charge in [-0.3, -0.25) is 9.59 Å². The molecule has 1 aromatic heterocycles. The smallest absolute Gasteiger partial charge is 0.262 e.